The molecule has 4 unspecified atom stereocenters. The number of nitrogens with one attached hydrogen (secondary N) is 1. The van der Waals surface area contributed by atoms with E-state index in [4.69, 9.17) is 24.4 Å². The molecule has 0 saturated carbocycles. The van der Waals surface area contributed by atoms with Gasteiger partial charge in [-0.25, -0.2) is 9.97 Å². The summed E-state index contributed by atoms with van der Waals surface area (Å²) < 4.78 is 27.1. The largest absolute Gasteiger partial charge is 0.353 e. The average Bonchev–Trinajstić information content (AvgIpc) is 3.34. The van der Waals surface area contributed by atoms with Gasteiger partial charge in [0.2, 0.25) is 0 Å². The highest BCUT2D eigenvalue weighted by Crippen LogP contribution is 2.42. The molecule has 4 atom stereocenters. The van der Waals surface area contributed by atoms with Crippen LogP contribution in [0, 0.1) is 5.41 Å². The summed E-state index contributed by atoms with van der Waals surface area (Å²) in [7, 11) is 1.57. The van der Waals surface area contributed by atoms with Gasteiger partial charge in [-0.1, -0.05) is 30.3 Å². The number of hydrogen-bond donors (Lipinski definition) is 1. The van der Waals surface area contributed by atoms with Crippen molar-refractivity contribution in [1.29, 1.82) is 5.41 Å². The van der Waals surface area contributed by atoms with E-state index in [1.54, 1.807) is 24.3 Å². The predicted octanol–water partition coefficient (Wildman–Crippen LogP) is 1.78. The first-order chi connectivity index (χ1) is 14.0. The van der Waals surface area contributed by atoms with Crippen LogP contribution in [-0.4, -0.2) is 50.5 Å². The molecule has 2 saturated heterocycles. The summed E-state index contributed by atoms with van der Waals surface area (Å²) in [4.78, 5) is 8.81. The molecule has 0 amide bonds. The third-order valence-corrected chi connectivity index (χ3v) is 5.29. The van der Waals surface area contributed by atoms with Crippen molar-refractivity contribution < 1.29 is 18.9 Å². The fraction of sp³-hybridized carbons (Fsp3) is 0.450. The number of aromatic nitrogens is 4. The molecule has 2 aliphatic rings. The molecule has 2 aliphatic heterocycles. The molecule has 0 spiro atoms. The van der Waals surface area contributed by atoms with Gasteiger partial charge < -0.3 is 23.5 Å². The van der Waals surface area contributed by atoms with Gasteiger partial charge in [-0.2, -0.15) is 0 Å². The highest BCUT2D eigenvalue weighted by atomic mass is 16.8. The van der Waals surface area contributed by atoms with Crippen LogP contribution >= 0.6 is 0 Å². The Morgan fingerprint density at radius 3 is 2.59 bits per heavy atom. The molecule has 29 heavy (non-hydrogen) atoms. The first-order valence-corrected chi connectivity index (χ1v) is 9.51. The summed E-state index contributed by atoms with van der Waals surface area (Å²) in [5.74, 6) is -0.747. The molecule has 0 radical (unpaired) electrons. The van der Waals surface area contributed by atoms with Crippen molar-refractivity contribution in [3.8, 4) is 0 Å². The fourth-order valence-corrected chi connectivity index (χ4v) is 4.05. The van der Waals surface area contributed by atoms with Crippen LogP contribution in [-0.2, 0) is 25.5 Å². The summed E-state index contributed by atoms with van der Waals surface area (Å²) >= 11 is 0. The molecule has 4 heterocycles. The van der Waals surface area contributed by atoms with Gasteiger partial charge in [-0.05, 0) is 19.4 Å². The van der Waals surface area contributed by atoms with Gasteiger partial charge in [0.1, 0.15) is 24.1 Å². The molecule has 5 rings (SSSR count). The number of ether oxygens (including phenoxy) is 4. The van der Waals surface area contributed by atoms with E-state index in [0.29, 0.717) is 17.7 Å². The molecule has 9 nitrogen and oxygen atoms in total. The van der Waals surface area contributed by atoms with Crippen molar-refractivity contribution in [2.75, 3.05) is 7.11 Å². The minimum absolute atomic E-state index is 0.247. The van der Waals surface area contributed by atoms with Gasteiger partial charge in [0, 0.05) is 13.7 Å². The second kappa shape index (κ2) is 6.74. The maximum Gasteiger partial charge on any atom is 0.188 e. The number of nitrogens with zero attached hydrogens (tertiary/aromatic N) is 4. The number of imidazole rings is 1. The van der Waals surface area contributed by atoms with Gasteiger partial charge in [-0.3, -0.25) is 9.98 Å². The lowest BCUT2D eigenvalue weighted by molar-refractivity contribution is -0.238. The summed E-state index contributed by atoms with van der Waals surface area (Å²) in [5.41, 5.74) is 2.52. The van der Waals surface area contributed by atoms with Crippen molar-refractivity contribution in [3.63, 3.8) is 0 Å². The maximum atomic E-state index is 8.85. The van der Waals surface area contributed by atoms with Crippen LogP contribution in [0.1, 0.15) is 25.6 Å². The lowest BCUT2D eigenvalue weighted by atomic mass is 10.2. The summed E-state index contributed by atoms with van der Waals surface area (Å²) in [6.45, 7) is 4.31. The Labute approximate surface area is 167 Å². The van der Waals surface area contributed by atoms with Crippen LogP contribution in [0.25, 0.3) is 11.2 Å². The van der Waals surface area contributed by atoms with Gasteiger partial charge in [-0.15, -0.1) is 0 Å². The van der Waals surface area contributed by atoms with Crippen LogP contribution in [0.15, 0.2) is 43.0 Å². The second-order valence-corrected chi connectivity index (χ2v) is 7.73. The van der Waals surface area contributed by atoms with Crippen molar-refractivity contribution in [1.82, 2.24) is 19.1 Å². The minimum atomic E-state index is -0.747. The van der Waals surface area contributed by atoms with Crippen molar-refractivity contribution in [3.05, 3.63) is 54.0 Å². The number of hydrogen-bond acceptors (Lipinski definition) is 7. The monoisotopic (exact) mass is 397 g/mol. The van der Waals surface area contributed by atoms with E-state index >= 15 is 0 Å². The topological polar surface area (TPSA) is 96.4 Å². The molecular weight excluding hydrogens is 374 g/mol. The molecule has 0 aliphatic carbocycles. The van der Waals surface area contributed by atoms with Crippen LogP contribution in [0.2, 0.25) is 0 Å². The summed E-state index contributed by atoms with van der Waals surface area (Å²) in [5, 5.41) is 8.85. The summed E-state index contributed by atoms with van der Waals surface area (Å²) in [6, 6.07) is 10.0. The van der Waals surface area contributed by atoms with Crippen LogP contribution in [0.5, 0.6) is 0 Å². The second-order valence-electron chi connectivity index (χ2n) is 7.73. The normalized spacial score (nSPS) is 28.1. The molecule has 2 aromatic heterocycles. The average molecular weight is 397 g/mol. The predicted molar refractivity (Wildman–Crippen MR) is 102 cm³/mol. The molecule has 1 aromatic carbocycles. The molecule has 2 fully saturated rings. The molecule has 0 bridgehead atoms. The Hall–Kier alpha value is -2.59. The Morgan fingerprint density at radius 2 is 1.83 bits per heavy atom. The number of benzene rings is 1. The molecular formula is C20H23N5O4. The first kappa shape index (κ1) is 18.4. The van der Waals surface area contributed by atoms with Crippen molar-refractivity contribution >= 4 is 11.2 Å². The van der Waals surface area contributed by atoms with Crippen molar-refractivity contribution in [2.45, 2.75) is 50.9 Å². The van der Waals surface area contributed by atoms with Crippen LogP contribution in [0.4, 0.5) is 0 Å². The molecule has 9 heteroatoms. The number of methoxy groups -OCH3 is 1. The van der Waals surface area contributed by atoms with Crippen LogP contribution < -0.4 is 5.49 Å². The molecule has 152 valence electrons. The quantitative estimate of drug-likeness (QED) is 0.721. The highest BCUT2D eigenvalue weighted by molar-refractivity contribution is 5.68. The minimum Gasteiger partial charge on any atom is -0.353 e. The van der Waals surface area contributed by atoms with Gasteiger partial charge in [0.05, 0.1) is 6.33 Å². The fourth-order valence-electron chi connectivity index (χ4n) is 4.05. The smallest absolute Gasteiger partial charge is 0.188 e. The Bertz CT molecular complexity index is 1090. The van der Waals surface area contributed by atoms with E-state index in [9.17, 15) is 0 Å². The first-order valence-electron chi connectivity index (χ1n) is 9.51. The van der Waals surface area contributed by atoms with Gasteiger partial charge in [0.15, 0.2) is 29.4 Å². The van der Waals surface area contributed by atoms with E-state index < -0.39 is 24.4 Å². The van der Waals surface area contributed by atoms with E-state index in [2.05, 4.69) is 9.97 Å². The van der Waals surface area contributed by atoms with E-state index in [1.807, 2.05) is 48.7 Å². The Balaban J connectivity index is 1.55. The van der Waals surface area contributed by atoms with E-state index in [1.165, 1.54) is 0 Å². The lowest BCUT2D eigenvalue weighted by Crippen LogP contribution is -2.34. The zero-order chi connectivity index (χ0) is 20.2. The zero-order valence-electron chi connectivity index (χ0n) is 16.5. The standard InChI is InChI=1S/C20H23N5O4/c1-20(2)28-14-15(29-20)19(26-3)27-18(14)25-11-23-17-13(16(25)21)24(10-22-17)9-12-7-5-4-6-8-12/h4-8,10-11,14-15,18-19,21H,9H2,1-3H3. The van der Waals surface area contributed by atoms with Gasteiger partial charge in [0.25, 0.3) is 0 Å². The Morgan fingerprint density at radius 1 is 1.10 bits per heavy atom. The zero-order valence-corrected chi connectivity index (χ0v) is 16.5. The maximum absolute atomic E-state index is 8.85. The van der Waals surface area contributed by atoms with Gasteiger partial charge >= 0.3 is 0 Å². The third-order valence-electron chi connectivity index (χ3n) is 5.29. The summed E-state index contributed by atoms with van der Waals surface area (Å²) in [6.07, 6.45) is 1.33. The van der Waals surface area contributed by atoms with E-state index in [0.717, 1.165) is 5.56 Å². The lowest BCUT2D eigenvalue weighted by Gasteiger charge is -2.24. The van der Waals surface area contributed by atoms with Crippen LogP contribution in [0.3, 0.4) is 0 Å². The van der Waals surface area contributed by atoms with Crippen molar-refractivity contribution in [2.24, 2.45) is 0 Å². The molecule has 1 N–H and O–H groups in total. The third kappa shape index (κ3) is 3.06. The van der Waals surface area contributed by atoms with E-state index in [-0.39, 0.29) is 11.6 Å². The highest BCUT2D eigenvalue weighted by Gasteiger charge is 2.56. The molecule has 3 aromatic rings. The number of fused-ring (bicyclic) bond motifs is 2. The number of rotatable bonds is 4. The SMILES string of the molecule is COC1OC(n2cnc3ncn(Cc4ccccc4)c3c2=N)C2OC(C)(C)OC12. The Kier molecular flexibility index (Phi) is 4.28.